The Morgan fingerprint density at radius 1 is 1.12 bits per heavy atom. The van der Waals surface area contributed by atoms with E-state index in [1.165, 1.54) is 7.11 Å². The van der Waals surface area contributed by atoms with Gasteiger partial charge in [0.2, 0.25) is 6.23 Å². The first-order valence-electron chi connectivity index (χ1n) is 7.15. The van der Waals surface area contributed by atoms with Crippen LogP contribution in [-0.2, 0) is 9.53 Å². The molecule has 0 aromatic heterocycles. The summed E-state index contributed by atoms with van der Waals surface area (Å²) in [6, 6.07) is 13.2. The molecule has 1 unspecified atom stereocenters. The summed E-state index contributed by atoms with van der Waals surface area (Å²) in [5.41, 5.74) is 3.37. The van der Waals surface area contributed by atoms with Crippen molar-refractivity contribution >= 4 is 40.8 Å². The highest BCUT2D eigenvalue weighted by molar-refractivity contribution is 6.31. The Kier molecular flexibility index (Phi) is 6.31. The number of para-hydroxylation sites is 1. The fraction of sp³-hybridized carbons (Fsp3) is 0.176. The molecule has 126 valence electrons. The molecule has 0 aliphatic carbocycles. The third kappa shape index (κ3) is 3.91. The van der Waals surface area contributed by atoms with Crippen LogP contribution in [0.3, 0.4) is 0 Å². The number of nitrogens with one attached hydrogen (secondary N) is 2. The number of methoxy groups -OCH3 is 1. The highest BCUT2D eigenvalue weighted by atomic mass is 35.5. The van der Waals surface area contributed by atoms with Crippen molar-refractivity contribution in [2.24, 2.45) is 4.99 Å². The van der Waals surface area contributed by atoms with Crippen molar-refractivity contribution in [3.05, 3.63) is 53.1 Å². The predicted molar refractivity (Wildman–Crippen MR) is 96.3 cm³/mol. The smallest absolute Gasteiger partial charge is 0.206 e. The molecule has 0 amide bonds. The third-order valence-corrected chi connectivity index (χ3v) is 3.54. The van der Waals surface area contributed by atoms with Crippen LogP contribution in [0.1, 0.15) is 5.56 Å². The molecule has 1 aliphatic heterocycles. The number of halogens is 1. The van der Waals surface area contributed by atoms with Crippen LogP contribution in [0.4, 0.5) is 17.1 Å². The molecule has 3 N–H and O–H groups in total. The standard InChI is InChI=1S/C16H14ClN3O2.CH4O/c1-22-15(9-21)20-16-11-4-2-3-5-12(11)18-14-8-10(17)6-7-13(14)19-16;1-2/h2-9,15,18H,1H3,(H,19,20);2H,1H3. The second-order valence-electron chi connectivity index (χ2n) is 4.73. The zero-order valence-corrected chi connectivity index (χ0v) is 14.0. The summed E-state index contributed by atoms with van der Waals surface area (Å²) in [6.07, 6.45) is -0.206. The molecule has 2 aromatic rings. The van der Waals surface area contributed by atoms with Gasteiger partial charge in [0.1, 0.15) is 5.84 Å². The van der Waals surface area contributed by atoms with Gasteiger partial charge >= 0.3 is 0 Å². The number of anilines is 3. The summed E-state index contributed by atoms with van der Waals surface area (Å²) in [5.74, 6) is 0.558. The number of aliphatic imine (C=N–C) groups is 1. The number of hydrogen-bond acceptors (Lipinski definition) is 5. The maximum Gasteiger partial charge on any atom is 0.206 e. The minimum Gasteiger partial charge on any atom is -0.400 e. The van der Waals surface area contributed by atoms with Crippen LogP contribution in [0, 0.1) is 0 Å². The Balaban J connectivity index is 0.00000100. The van der Waals surface area contributed by atoms with Crippen LogP contribution in [0.5, 0.6) is 0 Å². The summed E-state index contributed by atoms with van der Waals surface area (Å²) in [6.45, 7) is 0. The fourth-order valence-corrected chi connectivity index (χ4v) is 2.41. The number of carbonyl (C=O) groups excluding carboxylic acids is 1. The Bertz CT molecular complexity index is 750. The summed E-state index contributed by atoms with van der Waals surface area (Å²) in [4.78, 5) is 15.3. The molecule has 24 heavy (non-hydrogen) atoms. The van der Waals surface area contributed by atoms with E-state index in [9.17, 15) is 4.79 Å². The Morgan fingerprint density at radius 2 is 1.88 bits per heavy atom. The molecule has 0 radical (unpaired) electrons. The quantitative estimate of drug-likeness (QED) is 0.743. The Hall–Kier alpha value is -2.41. The summed E-state index contributed by atoms with van der Waals surface area (Å²) >= 11 is 6.06. The molecule has 1 atom stereocenters. The molecule has 0 saturated carbocycles. The van der Waals surface area contributed by atoms with Gasteiger partial charge in [-0.05, 0) is 30.3 Å². The maximum atomic E-state index is 11.0. The highest BCUT2D eigenvalue weighted by Gasteiger charge is 2.18. The Labute approximate surface area is 145 Å². The number of hydrogen-bond donors (Lipinski definition) is 3. The van der Waals surface area contributed by atoms with Gasteiger partial charge in [-0.25, -0.2) is 4.99 Å². The summed E-state index contributed by atoms with van der Waals surface area (Å²) < 4.78 is 5.03. The number of benzene rings is 2. The average molecular weight is 348 g/mol. The molecule has 6 nitrogen and oxygen atoms in total. The van der Waals surface area contributed by atoms with Crippen LogP contribution in [0.2, 0.25) is 5.02 Å². The lowest BCUT2D eigenvalue weighted by Gasteiger charge is -2.11. The van der Waals surface area contributed by atoms with Gasteiger partial charge in [-0.1, -0.05) is 23.7 Å². The molecule has 0 fully saturated rings. The minimum absolute atomic E-state index is 0.558. The largest absolute Gasteiger partial charge is 0.400 e. The number of fused-ring (bicyclic) bond motifs is 2. The minimum atomic E-state index is -0.857. The van der Waals surface area contributed by atoms with E-state index in [0.717, 1.165) is 29.7 Å². The molecule has 0 saturated heterocycles. The van der Waals surface area contributed by atoms with Gasteiger partial charge in [0.15, 0.2) is 6.29 Å². The molecule has 3 rings (SSSR count). The van der Waals surface area contributed by atoms with Gasteiger partial charge in [-0.3, -0.25) is 4.79 Å². The van der Waals surface area contributed by atoms with Gasteiger partial charge in [0.25, 0.3) is 0 Å². The fourth-order valence-electron chi connectivity index (χ4n) is 2.24. The van der Waals surface area contributed by atoms with Gasteiger partial charge in [-0.15, -0.1) is 0 Å². The van der Waals surface area contributed by atoms with Crippen molar-refractivity contribution < 1.29 is 14.6 Å². The SMILES string of the molecule is CO.COC(C=O)N=C1Nc2ccc(Cl)cc2Nc2ccccc21. The van der Waals surface area contributed by atoms with E-state index in [4.69, 9.17) is 21.4 Å². The second kappa shape index (κ2) is 8.44. The van der Waals surface area contributed by atoms with Crippen molar-refractivity contribution in [3.63, 3.8) is 0 Å². The third-order valence-electron chi connectivity index (χ3n) is 3.30. The number of carbonyl (C=O) groups is 1. The maximum absolute atomic E-state index is 11.0. The van der Waals surface area contributed by atoms with Crippen LogP contribution in [0.25, 0.3) is 0 Å². The van der Waals surface area contributed by atoms with Crippen molar-refractivity contribution in [3.8, 4) is 0 Å². The number of amidine groups is 1. The normalized spacial score (nSPS) is 14.8. The number of aldehydes is 1. The zero-order valence-electron chi connectivity index (χ0n) is 13.3. The van der Waals surface area contributed by atoms with E-state index in [-0.39, 0.29) is 0 Å². The second-order valence-corrected chi connectivity index (χ2v) is 5.16. The number of rotatable bonds is 3. The van der Waals surface area contributed by atoms with E-state index < -0.39 is 6.23 Å². The first-order valence-corrected chi connectivity index (χ1v) is 7.52. The van der Waals surface area contributed by atoms with E-state index in [2.05, 4.69) is 15.6 Å². The number of aliphatic hydroxyl groups is 1. The van der Waals surface area contributed by atoms with E-state index in [1.807, 2.05) is 36.4 Å². The zero-order chi connectivity index (χ0) is 17.5. The van der Waals surface area contributed by atoms with E-state index >= 15 is 0 Å². The van der Waals surface area contributed by atoms with Crippen molar-refractivity contribution in [1.29, 1.82) is 0 Å². The van der Waals surface area contributed by atoms with E-state index in [1.54, 1.807) is 6.07 Å². The van der Waals surface area contributed by atoms with Crippen LogP contribution >= 0.6 is 11.6 Å². The molecule has 2 aromatic carbocycles. The molecular formula is C17H18ClN3O3. The number of nitrogens with zero attached hydrogens (tertiary/aromatic N) is 1. The number of aliphatic hydroxyl groups excluding tert-OH is 1. The lowest BCUT2D eigenvalue weighted by atomic mass is 10.1. The lowest BCUT2D eigenvalue weighted by Crippen LogP contribution is -2.19. The van der Waals surface area contributed by atoms with Crippen LogP contribution < -0.4 is 10.6 Å². The van der Waals surface area contributed by atoms with Gasteiger partial charge in [0, 0.05) is 30.5 Å². The monoisotopic (exact) mass is 347 g/mol. The molecule has 1 heterocycles. The first-order chi connectivity index (χ1) is 11.7. The van der Waals surface area contributed by atoms with E-state index in [0.29, 0.717) is 17.1 Å². The molecule has 0 spiro atoms. The van der Waals surface area contributed by atoms with Gasteiger partial charge in [-0.2, -0.15) is 0 Å². The molecule has 7 heteroatoms. The molecule has 1 aliphatic rings. The highest BCUT2D eigenvalue weighted by Crippen LogP contribution is 2.34. The number of ether oxygens (including phenoxy) is 1. The Morgan fingerprint density at radius 3 is 2.58 bits per heavy atom. The molecular weight excluding hydrogens is 330 g/mol. The van der Waals surface area contributed by atoms with Crippen molar-refractivity contribution in [2.45, 2.75) is 6.23 Å². The molecule has 0 bridgehead atoms. The van der Waals surface area contributed by atoms with Crippen LogP contribution in [-0.4, -0.2) is 37.7 Å². The van der Waals surface area contributed by atoms with Crippen molar-refractivity contribution in [2.75, 3.05) is 24.9 Å². The predicted octanol–water partition coefficient (Wildman–Crippen LogP) is 3.04. The van der Waals surface area contributed by atoms with Gasteiger partial charge < -0.3 is 20.5 Å². The topological polar surface area (TPSA) is 83.0 Å². The first kappa shape index (κ1) is 17.9. The summed E-state index contributed by atoms with van der Waals surface area (Å²) in [7, 11) is 2.44. The average Bonchev–Trinajstić information content (AvgIpc) is 2.77. The van der Waals surface area contributed by atoms with Gasteiger partial charge in [0.05, 0.1) is 11.4 Å². The summed E-state index contributed by atoms with van der Waals surface area (Å²) in [5, 5.41) is 14.2. The van der Waals surface area contributed by atoms with Crippen molar-refractivity contribution in [1.82, 2.24) is 0 Å². The lowest BCUT2D eigenvalue weighted by molar-refractivity contribution is -0.115. The van der Waals surface area contributed by atoms with Crippen LogP contribution in [0.15, 0.2) is 47.5 Å².